The minimum atomic E-state index is -3.58. The van der Waals surface area contributed by atoms with Crippen LogP contribution in [0.3, 0.4) is 0 Å². The van der Waals surface area contributed by atoms with Crippen LogP contribution in [0.4, 0.5) is 5.69 Å². The molecule has 1 aromatic carbocycles. The maximum atomic E-state index is 12.5. The Hall–Kier alpha value is -1.51. The summed E-state index contributed by atoms with van der Waals surface area (Å²) >= 11 is 0. The third kappa shape index (κ3) is 2.97. The number of likely N-dealkylation sites (N-methyl/N-ethyl adjacent to an activating group) is 1. The summed E-state index contributed by atoms with van der Waals surface area (Å²) in [6.07, 6.45) is 1.75. The van der Waals surface area contributed by atoms with Crippen molar-refractivity contribution in [1.82, 2.24) is 9.62 Å². The Morgan fingerprint density at radius 1 is 1.35 bits per heavy atom. The average Bonchev–Trinajstić information content (AvgIpc) is 2.47. The second-order valence-corrected chi connectivity index (χ2v) is 6.68. The highest BCUT2D eigenvalue weighted by Crippen LogP contribution is 2.22. The quantitative estimate of drug-likeness (QED) is 0.660. The van der Waals surface area contributed by atoms with Gasteiger partial charge in [0.15, 0.2) is 0 Å². The van der Waals surface area contributed by atoms with E-state index in [2.05, 4.69) is 5.32 Å². The molecule has 1 aliphatic heterocycles. The Bertz CT molecular complexity index is 585. The van der Waals surface area contributed by atoms with Crippen molar-refractivity contribution < 1.29 is 13.3 Å². The van der Waals surface area contributed by atoms with Gasteiger partial charge in [-0.3, -0.25) is 10.1 Å². The highest BCUT2D eigenvalue weighted by Gasteiger charge is 2.29. The van der Waals surface area contributed by atoms with Gasteiger partial charge in [-0.25, -0.2) is 8.42 Å². The van der Waals surface area contributed by atoms with Crippen molar-refractivity contribution in [3.05, 3.63) is 34.4 Å². The topological polar surface area (TPSA) is 92.6 Å². The minimum Gasteiger partial charge on any atom is -0.316 e. The van der Waals surface area contributed by atoms with Crippen LogP contribution in [0, 0.1) is 10.1 Å². The van der Waals surface area contributed by atoms with Gasteiger partial charge in [0.2, 0.25) is 10.0 Å². The number of nitrogens with zero attached hydrogens (tertiary/aromatic N) is 2. The van der Waals surface area contributed by atoms with Crippen molar-refractivity contribution in [2.45, 2.75) is 23.8 Å². The maximum absolute atomic E-state index is 12.5. The second kappa shape index (κ2) is 5.86. The normalized spacial score (nSPS) is 20.8. The van der Waals surface area contributed by atoms with E-state index in [0.29, 0.717) is 13.1 Å². The maximum Gasteiger partial charge on any atom is 0.269 e. The van der Waals surface area contributed by atoms with Gasteiger partial charge in [-0.05, 0) is 32.0 Å². The number of non-ortho nitro benzene ring substituents is 1. The molecule has 1 N–H and O–H groups in total. The van der Waals surface area contributed by atoms with E-state index in [1.165, 1.54) is 28.6 Å². The zero-order chi connectivity index (χ0) is 14.8. The SMILES string of the molecule is CNC1CCCN(S(=O)(=O)c2ccc([N+](=O)[O-])cc2)C1. The highest BCUT2D eigenvalue weighted by atomic mass is 32.2. The molecular formula is C12H17N3O4S. The molecule has 1 aliphatic rings. The van der Waals surface area contributed by atoms with Gasteiger partial charge in [0, 0.05) is 31.3 Å². The van der Waals surface area contributed by atoms with E-state index >= 15 is 0 Å². The molecule has 7 nitrogen and oxygen atoms in total. The van der Waals surface area contributed by atoms with Crippen LogP contribution < -0.4 is 5.32 Å². The fraction of sp³-hybridized carbons (Fsp3) is 0.500. The summed E-state index contributed by atoms with van der Waals surface area (Å²) in [5.41, 5.74) is -0.115. The summed E-state index contributed by atoms with van der Waals surface area (Å²) in [5, 5.41) is 13.7. The molecule has 1 atom stereocenters. The molecule has 0 spiro atoms. The van der Waals surface area contributed by atoms with Gasteiger partial charge in [0.05, 0.1) is 9.82 Å². The summed E-state index contributed by atoms with van der Waals surface area (Å²) < 4.78 is 26.3. The second-order valence-electron chi connectivity index (χ2n) is 4.74. The Labute approximate surface area is 117 Å². The number of hydrogen-bond donors (Lipinski definition) is 1. The van der Waals surface area contributed by atoms with Crippen LogP contribution in [0.2, 0.25) is 0 Å². The molecule has 1 heterocycles. The van der Waals surface area contributed by atoms with E-state index in [1.807, 2.05) is 7.05 Å². The zero-order valence-electron chi connectivity index (χ0n) is 11.2. The molecule has 110 valence electrons. The summed E-state index contributed by atoms with van der Waals surface area (Å²) in [6, 6.07) is 5.16. The minimum absolute atomic E-state index is 0.0971. The van der Waals surface area contributed by atoms with Crippen molar-refractivity contribution in [2.24, 2.45) is 0 Å². The molecule has 1 aromatic rings. The standard InChI is InChI=1S/C12H17N3O4S/c1-13-10-3-2-8-14(9-10)20(18,19)12-6-4-11(5-7-12)15(16)17/h4-7,10,13H,2-3,8-9H2,1H3. The first-order valence-electron chi connectivity index (χ1n) is 6.37. The van der Waals surface area contributed by atoms with Crippen LogP contribution in [0.25, 0.3) is 0 Å². The number of nitro groups is 1. The Morgan fingerprint density at radius 2 is 2.00 bits per heavy atom. The molecule has 1 saturated heterocycles. The zero-order valence-corrected chi connectivity index (χ0v) is 12.0. The number of piperidine rings is 1. The molecule has 0 saturated carbocycles. The van der Waals surface area contributed by atoms with Crippen LogP contribution in [0.5, 0.6) is 0 Å². The van der Waals surface area contributed by atoms with Gasteiger partial charge in [0.25, 0.3) is 5.69 Å². The van der Waals surface area contributed by atoms with Gasteiger partial charge in [-0.15, -0.1) is 0 Å². The summed E-state index contributed by atoms with van der Waals surface area (Å²) in [6.45, 7) is 0.910. The van der Waals surface area contributed by atoms with Crippen LogP contribution >= 0.6 is 0 Å². The Morgan fingerprint density at radius 3 is 2.55 bits per heavy atom. The molecule has 1 fully saturated rings. The van der Waals surface area contributed by atoms with E-state index in [9.17, 15) is 18.5 Å². The monoisotopic (exact) mass is 299 g/mol. The Kier molecular flexibility index (Phi) is 4.36. The predicted octanol–water partition coefficient (Wildman–Crippen LogP) is 0.967. The third-order valence-corrected chi connectivity index (χ3v) is 5.36. The van der Waals surface area contributed by atoms with E-state index in [0.717, 1.165) is 12.8 Å². The number of rotatable bonds is 4. The summed E-state index contributed by atoms with van der Waals surface area (Å²) in [4.78, 5) is 10.1. The largest absolute Gasteiger partial charge is 0.316 e. The first-order chi connectivity index (χ1) is 9.45. The van der Waals surface area contributed by atoms with E-state index < -0.39 is 14.9 Å². The van der Waals surface area contributed by atoms with Gasteiger partial charge < -0.3 is 5.32 Å². The number of benzene rings is 1. The lowest BCUT2D eigenvalue weighted by molar-refractivity contribution is -0.384. The third-order valence-electron chi connectivity index (χ3n) is 3.48. The number of nitrogens with one attached hydrogen (secondary N) is 1. The van der Waals surface area contributed by atoms with Crippen molar-refractivity contribution in [3.8, 4) is 0 Å². The lowest BCUT2D eigenvalue weighted by Crippen LogP contribution is -2.46. The smallest absolute Gasteiger partial charge is 0.269 e. The van der Waals surface area contributed by atoms with Crippen LogP contribution in [-0.2, 0) is 10.0 Å². The van der Waals surface area contributed by atoms with Gasteiger partial charge >= 0.3 is 0 Å². The van der Waals surface area contributed by atoms with Crippen LogP contribution in [-0.4, -0.2) is 43.8 Å². The molecular weight excluding hydrogens is 282 g/mol. The molecule has 0 aliphatic carbocycles. The van der Waals surface area contributed by atoms with Crippen molar-refractivity contribution >= 4 is 15.7 Å². The van der Waals surface area contributed by atoms with E-state index in [4.69, 9.17) is 0 Å². The molecule has 0 radical (unpaired) electrons. The number of sulfonamides is 1. The molecule has 0 bridgehead atoms. The lowest BCUT2D eigenvalue weighted by atomic mass is 10.1. The van der Waals surface area contributed by atoms with Gasteiger partial charge in [-0.1, -0.05) is 0 Å². The van der Waals surface area contributed by atoms with Gasteiger partial charge in [-0.2, -0.15) is 4.31 Å². The number of hydrogen-bond acceptors (Lipinski definition) is 5. The van der Waals surface area contributed by atoms with Crippen molar-refractivity contribution in [3.63, 3.8) is 0 Å². The molecule has 0 aromatic heterocycles. The summed E-state index contributed by atoms with van der Waals surface area (Å²) in [7, 11) is -1.76. The fourth-order valence-electron chi connectivity index (χ4n) is 2.29. The van der Waals surface area contributed by atoms with Crippen LogP contribution in [0.15, 0.2) is 29.2 Å². The molecule has 0 amide bonds. The molecule has 2 rings (SSSR count). The first-order valence-corrected chi connectivity index (χ1v) is 7.81. The number of nitro benzene ring substituents is 1. The molecule has 1 unspecified atom stereocenters. The average molecular weight is 299 g/mol. The Balaban J connectivity index is 2.23. The van der Waals surface area contributed by atoms with Gasteiger partial charge in [0.1, 0.15) is 0 Å². The lowest BCUT2D eigenvalue weighted by Gasteiger charge is -2.31. The van der Waals surface area contributed by atoms with Crippen LogP contribution in [0.1, 0.15) is 12.8 Å². The summed E-state index contributed by atoms with van der Waals surface area (Å²) in [5.74, 6) is 0. The first kappa shape index (κ1) is 14.9. The molecule has 20 heavy (non-hydrogen) atoms. The van der Waals surface area contributed by atoms with E-state index in [1.54, 1.807) is 0 Å². The van der Waals surface area contributed by atoms with E-state index in [-0.39, 0.29) is 16.6 Å². The highest BCUT2D eigenvalue weighted by molar-refractivity contribution is 7.89. The molecule has 8 heteroatoms. The van der Waals surface area contributed by atoms with Crippen molar-refractivity contribution in [1.29, 1.82) is 0 Å². The predicted molar refractivity (Wildman–Crippen MR) is 73.9 cm³/mol. The van der Waals surface area contributed by atoms with Crippen molar-refractivity contribution in [2.75, 3.05) is 20.1 Å². The fourth-order valence-corrected chi connectivity index (χ4v) is 3.81.